The summed E-state index contributed by atoms with van der Waals surface area (Å²) in [5.41, 5.74) is 1.41. The topological polar surface area (TPSA) is 151 Å². The number of rotatable bonds is 10. The lowest BCUT2D eigenvalue weighted by Crippen LogP contribution is -2.29. The Hall–Kier alpha value is -3.36. The third-order valence-corrected chi connectivity index (χ3v) is 9.49. The van der Waals surface area contributed by atoms with Crippen LogP contribution in [0.15, 0.2) is 28.1 Å². The first-order valence-electron chi connectivity index (χ1n) is 11.7. The lowest BCUT2D eigenvalue weighted by Gasteiger charge is -2.16. The molecule has 2 amide bonds. The molecule has 3 aromatic rings. The van der Waals surface area contributed by atoms with Crippen molar-refractivity contribution in [2.75, 3.05) is 23.7 Å². The van der Waals surface area contributed by atoms with Crippen molar-refractivity contribution in [3.05, 3.63) is 34.3 Å². The average Bonchev–Trinajstić information content (AvgIpc) is 3.22. The maximum Gasteiger partial charge on any atom is 0.254 e. The van der Waals surface area contributed by atoms with Gasteiger partial charge in [-0.1, -0.05) is 13.8 Å². The first-order valence-corrected chi connectivity index (χ1v) is 13.9. The zero-order valence-electron chi connectivity index (χ0n) is 19.8. The highest BCUT2D eigenvalue weighted by atomic mass is 32.2. The SMILES string of the molecule is CCN(CC)S(=O)(=O)c1ccc(CNc2nc(NC3CC3)n3ncc(/C=C4\CC(=O)NC4=O)c3n2)s1. The molecule has 4 heterocycles. The Morgan fingerprint density at radius 2 is 2.00 bits per heavy atom. The fourth-order valence-electron chi connectivity index (χ4n) is 3.84. The molecule has 5 rings (SSSR count). The number of nitrogens with zero attached hydrogens (tertiary/aromatic N) is 5. The van der Waals surface area contributed by atoms with E-state index in [9.17, 15) is 18.0 Å². The van der Waals surface area contributed by atoms with Crippen LogP contribution < -0.4 is 16.0 Å². The van der Waals surface area contributed by atoms with Crippen LogP contribution in [-0.4, -0.2) is 63.3 Å². The maximum absolute atomic E-state index is 12.8. The summed E-state index contributed by atoms with van der Waals surface area (Å²) in [7, 11) is -3.52. The van der Waals surface area contributed by atoms with Gasteiger partial charge < -0.3 is 10.6 Å². The average molecular weight is 531 g/mol. The van der Waals surface area contributed by atoms with Crippen LogP contribution in [-0.2, 0) is 26.2 Å². The smallest absolute Gasteiger partial charge is 0.254 e. The number of imide groups is 1. The summed E-state index contributed by atoms with van der Waals surface area (Å²) in [5.74, 6) is 0.0854. The number of anilines is 2. The van der Waals surface area contributed by atoms with Gasteiger partial charge in [-0.05, 0) is 31.1 Å². The third kappa shape index (κ3) is 4.83. The van der Waals surface area contributed by atoms with E-state index in [1.807, 2.05) is 13.8 Å². The molecular formula is C22H26N8O4S2. The van der Waals surface area contributed by atoms with Crippen molar-refractivity contribution >= 4 is 56.8 Å². The number of fused-ring (bicyclic) bond motifs is 1. The molecule has 1 saturated carbocycles. The Morgan fingerprint density at radius 3 is 2.67 bits per heavy atom. The molecule has 1 aliphatic carbocycles. The molecule has 0 aromatic carbocycles. The van der Waals surface area contributed by atoms with E-state index in [0.717, 1.165) is 17.7 Å². The molecule has 3 N–H and O–H groups in total. The molecule has 0 radical (unpaired) electrons. The Balaban J connectivity index is 1.42. The molecule has 1 saturated heterocycles. The Labute approximate surface area is 211 Å². The number of hydrogen-bond donors (Lipinski definition) is 3. The minimum Gasteiger partial charge on any atom is -0.351 e. The predicted molar refractivity (Wildman–Crippen MR) is 135 cm³/mol. The van der Waals surface area contributed by atoms with Gasteiger partial charge in [0.15, 0.2) is 5.65 Å². The molecule has 0 bridgehead atoms. The minimum absolute atomic E-state index is 0.0106. The summed E-state index contributed by atoms with van der Waals surface area (Å²) in [6, 6.07) is 3.71. The van der Waals surface area contributed by atoms with Crippen LogP contribution in [0.2, 0.25) is 0 Å². The van der Waals surface area contributed by atoms with Crippen molar-refractivity contribution in [1.82, 2.24) is 29.2 Å². The highest BCUT2D eigenvalue weighted by Crippen LogP contribution is 2.28. The molecule has 1 aliphatic heterocycles. The van der Waals surface area contributed by atoms with Crippen LogP contribution in [0, 0.1) is 0 Å². The van der Waals surface area contributed by atoms with Gasteiger partial charge in [0, 0.05) is 35.1 Å². The Kier molecular flexibility index (Phi) is 6.49. The van der Waals surface area contributed by atoms with Crippen LogP contribution in [0.1, 0.15) is 43.6 Å². The molecular weight excluding hydrogens is 504 g/mol. The molecule has 2 fully saturated rings. The van der Waals surface area contributed by atoms with E-state index in [2.05, 4.69) is 31.0 Å². The van der Waals surface area contributed by atoms with Gasteiger partial charge >= 0.3 is 0 Å². The van der Waals surface area contributed by atoms with Crippen molar-refractivity contribution in [3.63, 3.8) is 0 Å². The standard InChI is InChI=1S/C22H26N8O4S2/c1-3-29(4-2)36(33,34)18-8-7-16(35-18)12-23-21-27-19-14(9-13-10-17(31)26-20(13)32)11-24-30(19)22(28-21)25-15-5-6-15/h7-9,11,15H,3-6,10,12H2,1-2H3,(H,26,31,32)(H2,23,25,27,28)/b13-9+. The Morgan fingerprint density at radius 1 is 1.22 bits per heavy atom. The maximum atomic E-state index is 12.8. The van der Waals surface area contributed by atoms with Gasteiger partial charge in [-0.25, -0.2) is 8.42 Å². The molecule has 3 aromatic heterocycles. The second-order valence-electron chi connectivity index (χ2n) is 8.51. The molecule has 12 nitrogen and oxygen atoms in total. The second kappa shape index (κ2) is 9.59. The number of thiophene rings is 1. The number of aromatic nitrogens is 4. The van der Waals surface area contributed by atoms with Gasteiger partial charge in [0.05, 0.1) is 19.2 Å². The number of nitrogens with one attached hydrogen (secondary N) is 3. The normalized spacial score (nSPS) is 17.4. The Bertz CT molecular complexity index is 1470. The van der Waals surface area contributed by atoms with E-state index >= 15 is 0 Å². The molecule has 0 atom stereocenters. The number of carbonyl (C=O) groups excluding carboxylic acids is 2. The largest absolute Gasteiger partial charge is 0.351 e. The van der Waals surface area contributed by atoms with E-state index < -0.39 is 15.9 Å². The summed E-state index contributed by atoms with van der Waals surface area (Å²) in [6.45, 7) is 4.78. The number of carbonyl (C=O) groups is 2. The van der Waals surface area contributed by atoms with Gasteiger partial charge in [0.1, 0.15) is 4.21 Å². The fraction of sp³-hybridized carbons (Fsp3) is 0.409. The van der Waals surface area contributed by atoms with Gasteiger partial charge in [-0.15, -0.1) is 11.3 Å². The van der Waals surface area contributed by atoms with Crippen molar-refractivity contribution in [2.24, 2.45) is 0 Å². The highest BCUT2D eigenvalue weighted by Gasteiger charge is 2.27. The minimum atomic E-state index is -3.52. The van der Waals surface area contributed by atoms with E-state index in [4.69, 9.17) is 0 Å². The second-order valence-corrected chi connectivity index (χ2v) is 11.8. The van der Waals surface area contributed by atoms with E-state index in [0.29, 0.717) is 58.6 Å². The zero-order valence-corrected chi connectivity index (χ0v) is 21.4. The van der Waals surface area contributed by atoms with Gasteiger partial charge in [-0.2, -0.15) is 23.9 Å². The zero-order chi connectivity index (χ0) is 25.4. The summed E-state index contributed by atoms with van der Waals surface area (Å²) >= 11 is 1.21. The van der Waals surface area contributed by atoms with E-state index in [-0.39, 0.29) is 12.3 Å². The van der Waals surface area contributed by atoms with Crippen LogP contribution in [0.3, 0.4) is 0 Å². The van der Waals surface area contributed by atoms with Crippen LogP contribution in [0.25, 0.3) is 11.7 Å². The van der Waals surface area contributed by atoms with Crippen molar-refractivity contribution in [1.29, 1.82) is 0 Å². The van der Waals surface area contributed by atoms with Crippen molar-refractivity contribution < 1.29 is 18.0 Å². The lowest BCUT2D eigenvalue weighted by molar-refractivity contribution is -0.124. The summed E-state index contributed by atoms with van der Waals surface area (Å²) < 4.78 is 28.9. The van der Waals surface area contributed by atoms with Crippen LogP contribution >= 0.6 is 11.3 Å². The third-order valence-electron chi connectivity index (χ3n) is 5.89. The molecule has 14 heteroatoms. The number of amides is 2. The van der Waals surface area contributed by atoms with Gasteiger partial charge in [-0.3, -0.25) is 14.9 Å². The van der Waals surface area contributed by atoms with Gasteiger partial charge in [0.25, 0.3) is 15.9 Å². The van der Waals surface area contributed by atoms with Crippen molar-refractivity contribution in [2.45, 2.75) is 49.9 Å². The fourth-order valence-corrected chi connectivity index (χ4v) is 6.74. The summed E-state index contributed by atoms with van der Waals surface area (Å²) in [6.07, 6.45) is 5.28. The number of sulfonamides is 1. The molecule has 0 unspecified atom stereocenters. The lowest BCUT2D eigenvalue weighted by atomic mass is 10.1. The van der Waals surface area contributed by atoms with E-state index in [1.165, 1.54) is 15.6 Å². The van der Waals surface area contributed by atoms with Crippen LogP contribution in [0.5, 0.6) is 0 Å². The summed E-state index contributed by atoms with van der Waals surface area (Å²) in [4.78, 5) is 33.6. The van der Waals surface area contributed by atoms with Crippen LogP contribution in [0.4, 0.5) is 11.9 Å². The monoisotopic (exact) mass is 530 g/mol. The van der Waals surface area contributed by atoms with Gasteiger partial charge in [0.2, 0.25) is 17.8 Å². The van der Waals surface area contributed by atoms with Crippen molar-refractivity contribution in [3.8, 4) is 0 Å². The first-order chi connectivity index (χ1) is 17.3. The number of hydrogen-bond acceptors (Lipinski definition) is 10. The summed E-state index contributed by atoms with van der Waals surface area (Å²) in [5, 5.41) is 13.2. The predicted octanol–water partition coefficient (Wildman–Crippen LogP) is 1.83. The highest BCUT2D eigenvalue weighted by molar-refractivity contribution is 7.91. The quantitative estimate of drug-likeness (QED) is 0.263. The molecule has 2 aliphatic rings. The molecule has 36 heavy (non-hydrogen) atoms. The first kappa shape index (κ1) is 24.3. The molecule has 0 spiro atoms. The molecule has 190 valence electrons. The van der Waals surface area contributed by atoms with E-state index in [1.54, 1.807) is 28.9 Å².